The van der Waals surface area contributed by atoms with E-state index in [1.54, 1.807) is 0 Å². The summed E-state index contributed by atoms with van der Waals surface area (Å²) >= 11 is 1.84. The lowest BCUT2D eigenvalue weighted by Crippen LogP contribution is -2.41. The number of pyridine rings is 1. The summed E-state index contributed by atoms with van der Waals surface area (Å²) in [6.07, 6.45) is 4.44. The summed E-state index contributed by atoms with van der Waals surface area (Å²) in [6, 6.07) is 14.5. The SMILES string of the molecule is Cc1cc2cc(C(=O)N3C[C@@H](C)CC[C@@H]3c3ccc4sc(C5CCN(C)CC5)nc4c3)ccc2nc1N. The minimum Gasteiger partial charge on any atom is -0.383 e. The van der Waals surface area contributed by atoms with Gasteiger partial charge in [0.05, 0.1) is 26.8 Å². The van der Waals surface area contributed by atoms with Crippen molar-refractivity contribution in [1.82, 2.24) is 19.8 Å². The van der Waals surface area contributed by atoms with Crippen molar-refractivity contribution in [1.29, 1.82) is 0 Å². The average Bonchev–Trinajstić information content (AvgIpc) is 3.32. The molecule has 2 N–H and O–H groups in total. The average molecular weight is 514 g/mol. The van der Waals surface area contributed by atoms with Crippen LogP contribution in [0.2, 0.25) is 0 Å². The van der Waals surface area contributed by atoms with Crippen molar-refractivity contribution in [2.45, 2.75) is 51.5 Å². The Morgan fingerprint density at radius 3 is 2.62 bits per heavy atom. The molecule has 2 aliphatic heterocycles. The van der Waals surface area contributed by atoms with Gasteiger partial charge in [-0.05, 0) is 106 Å². The van der Waals surface area contributed by atoms with Crippen LogP contribution in [-0.4, -0.2) is 52.4 Å². The van der Waals surface area contributed by atoms with Gasteiger partial charge in [0.1, 0.15) is 5.82 Å². The van der Waals surface area contributed by atoms with E-state index in [9.17, 15) is 4.79 Å². The number of benzene rings is 2. The highest BCUT2D eigenvalue weighted by Gasteiger charge is 2.32. The van der Waals surface area contributed by atoms with Crippen LogP contribution >= 0.6 is 11.3 Å². The van der Waals surface area contributed by atoms with Crippen LogP contribution in [0.25, 0.3) is 21.1 Å². The van der Waals surface area contributed by atoms with Crippen LogP contribution in [0.4, 0.5) is 5.82 Å². The van der Waals surface area contributed by atoms with E-state index in [0.717, 1.165) is 54.5 Å². The van der Waals surface area contributed by atoms with E-state index in [2.05, 4.69) is 47.0 Å². The summed E-state index contributed by atoms with van der Waals surface area (Å²) in [7, 11) is 2.20. The molecule has 6 nitrogen and oxygen atoms in total. The van der Waals surface area contributed by atoms with E-state index in [1.807, 2.05) is 42.5 Å². The van der Waals surface area contributed by atoms with Crippen LogP contribution in [0.5, 0.6) is 0 Å². The number of aryl methyl sites for hydroxylation is 1. The molecule has 4 aromatic rings. The van der Waals surface area contributed by atoms with Crippen LogP contribution in [0.15, 0.2) is 42.5 Å². The highest BCUT2D eigenvalue weighted by molar-refractivity contribution is 7.18. The second-order valence-corrected chi connectivity index (χ2v) is 12.2. The van der Waals surface area contributed by atoms with Gasteiger partial charge in [0.25, 0.3) is 5.91 Å². The normalized spacial score (nSPS) is 21.6. The molecule has 4 heterocycles. The molecule has 0 radical (unpaired) electrons. The molecule has 2 aromatic heterocycles. The first kappa shape index (κ1) is 24.3. The number of thiazole rings is 1. The van der Waals surface area contributed by atoms with Crippen LogP contribution in [0, 0.1) is 12.8 Å². The van der Waals surface area contributed by atoms with Gasteiger partial charge in [0, 0.05) is 23.4 Å². The number of nitrogens with two attached hydrogens (primary N) is 1. The largest absolute Gasteiger partial charge is 0.383 e. The molecule has 0 unspecified atom stereocenters. The smallest absolute Gasteiger partial charge is 0.254 e. The van der Waals surface area contributed by atoms with Crippen molar-refractivity contribution in [2.24, 2.45) is 5.92 Å². The topological polar surface area (TPSA) is 75.4 Å². The van der Waals surface area contributed by atoms with Crippen LogP contribution in [0.1, 0.15) is 71.1 Å². The fourth-order valence-corrected chi connectivity index (χ4v) is 7.04. The third-order valence-electron chi connectivity index (χ3n) is 8.25. The number of amides is 1. The number of piperidine rings is 2. The lowest BCUT2D eigenvalue weighted by atomic mass is 9.89. The van der Waals surface area contributed by atoms with Gasteiger partial charge in [0.15, 0.2) is 0 Å². The first-order valence-electron chi connectivity index (χ1n) is 13.4. The molecule has 2 aromatic carbocycles. The van der Waals surface area contributed by atoms with Crippen molar-refractivity contribution in [3.63, 3.8) is 0 Å². The number of nitrogen functional groups attached to an aromatic ring is 1. The Morgan fingerprint density at radius 2 is 1.81 bits per heavy atom. The molecular formula is C30H35N5OS. The predicted molar refractivity (Wildman–Crippen MR) is 152 cm³/mol. The Balaban J connectivity index is 1.30. The van der Waals surface area contributed by atoms with Gasteiger partial charge in [0.2, 0.25) is 0 Å². The number of hydrogen-bond donors (Lipinski definition) is 1. The minimum absolute atomic E-state index is 0.0588. The summed E-state index contributed by atoms with van der Waals surface area (Å²) in [5.74, 6) is 1.65. The van der Waals surface area contributed by atoms with Crippen LogP contribution < -0.4 is 5.73 Å². The number of aromatic nitrogens is 2. The number of fused-ring (bicyclic) bond motifs is 2. The maximum atomic E-state index is 13.9. The highest BCUT2D eigenvalue weighted by atomic mass is 32.1. The molecule has 1 amide bonds. The molecule has 7 heteroatoms. The molecule has 2 aliphatic rings. The van der Waals surface area contributed by atoms with Gasteiger partial charge in [-0.25, -0.2) is 9.97 Å². The Bertz CT molecular complexity index is 1470. The zero-order chi connectivity index (χ0) is 25.7. The van der Waals surface area contributed by atoms with Crippen molar-refractivity contribution < 1.29 is 4.79 Å². The molecule has 0 spiro atoms. The maximum absolute atomic E-state index is 13.9. The molecule has 0 saturated carbocycles. The summed E-state index contributed by atoms with van der Waals surface area (Å²) in [6.45, 7) is 7.23. The molecule has 0 bridgehead atoms. The van der Waals surface area contributed by atoms with Gasteiger partial charge in [-0.1, -0.05) is 13.0 Å². The number of nitrogens with zero attached hydrogens (tertiary/aromatic N) is 4. The quantitative estimate of drug-likeness (QED) is 0.355. The lowest BCUT2D eigenvalue weighted by Gasteiger charge is -2.39. The number of hydrogen-bond acceptors (Lipinski definition) is 6. The Kier molecular flexibility index (Phi) is 6.37. The second kappa shape index (κ2) is 9.69. The Hall–Kier alpha value is -3.03. The first-order valence-corrected chi connectivity index (χ1v) is 14.2. The fraction of sp³-hybridized carbons (Fsp3) is 0.433. The standard InChI is InChI=1S/C30H35N5OS/c1-18-4-8-26(21-6-9-27-25(16-21)33-29(37-27)20-10-12-34(3)13-11-20)35(17-18)30(36)22-5-7-24-23(15-22)14-19(2)28(31)32-24/h5-7,9,14-16,18,20,26H,4,8,10-13,17H2,1-3H3,(H2,31,32)/t18-,26+/m0/s1. The van der Waals surface area contributed by atoms with Crippen molar-refractivity contribution in [3.05, 3.63) is 64.2 Å². The molecule has 2 atom stereocenters. The summed E-state index contributed by atoms with van der Waals surface area (Å²) in [5.41, 5.74) is 10.7. The third-order valence-corrected chi connectivity index (χ3v) is 9.45. The van der Waals surface area contributed by atoms with E-state index in [-0.39, 0.29) is 11.9 Å². The number of carbonyl (C=O) groups excluding carboxylic acids is 1. The molecule has 37 heavy (non-hydrogen) atoms. The van der Waals surface area contributed by atoms with Crippen LogP contribution in [-0.2, 0) is 0 Å². The summed E-state index contributed by atoms with van der Waals surface area (Å²) < 4.78 is 1.25. The monoisotopic (exact) mass is 513 g/mol. The molecule has 2 saturated heterocycles. The van der Waals surface area contributed by atoms with E-state index >= 15 is 0 Å². The van der Waals surface area contributed by atoms with Crippen LogP contribution in [0.3, 0.4) is 0 Å². The van der Waals surface area contributed by atoms with E-state index in [0.29, 0.717) is 23.2 Å². The molecule has 2 fully saturated rings. The van der Waals surface area contributed by atoms with Crippen molar-refractivity contribution in [2.75, 3.05) is 32.4 Å². The maximum Gasteiger partial charge on any atom is 0.254 e. The fourth-order valence-electron chi connectivity index (χ4n) is 5.92. The molecule has 6 rings (SSSR count). The minimum atomic E-state index is 0.0588. The summed E-state index contributed by atoms with van der Waals surface area (Å²) in [5, 5.41) is 2.22. The zero-order valence-corrected chi connectivity index (χ0v) is 22.7. The zero-order valence-electron chi connectivity index (χ0n) is 21.9. The highest BCUT2D eigenvalue weighted by Crippen LogP contribution is 2.38. The Labute approximate surface area is 222 Å². The molecule has 0 aliphatic carbocycles. The van der Waals surface area contributed by atoms with Crippen molar-refractivity contribution >= 4 is 44.2 Å². The summed E-state index contributed by atoms with van der Waals surface area (Å²) in [4.78, 5) is 27.9. The molecular weight excluding hydrogens is 478 g/mol. The lowest BCUT2D eigenvalue weighted by molar-refractivity contribution is 0.0545. The van der Waals surface area contributed by atoms with Gasteiger partial charge in [-0.3, -0.25) is 4.79 Å². The van der Waals surface area contributed by atoms with E-state index in [4.69, 9.17) is 10.7 Å². The molecule has 192 valence electrons. The predicted octanol–water partition coefficient (Wildman–Crippen LogP) is 6.16. The Morgan fingerprint density at radius 1 is 1.00 bits per heavy atom. The second-order valence-electron chi connectivity index (χ2n) is 11.1. The van der Waals surface area contributed by atoms with Gasteiger partial charge in [-0.15, -0.1) is 11.3 Å². The van der Waals surface area contributed by atoms with Gasteiger partial charge < -0.3 is 15.5 Å². The first-order chi connectivity index (χ1) is 17.9. The van der Waals surface area contributed by atoms with E-state index < -0.39 is 0 Å². The van der Waals surface area contributed by atoms with Crippen molar-refractivity contribution in [3.8, 4) is 0 Å². The number of anilines is 1. The number of rotatable bonds is 3. The number of likely N-dealkylation sites (tertiary alicyclic amines) is 2. The number of carbonyl (C=O) groups is 1. The van der Waals surface area contributed by atoms with Gasteiger partial charge >= 0.3 is 0 Å². The van der Waals surface area contributed by atoms with E-state index in [1.165, 1.54) is 28.1 Å². The van der Waals surface area contributed by atoms with Gasteiger partial charge in [-0.2, -0.15) is 0 Å². The third kappa shape index (κ3) is 4.71.